The van der Waals surface area contributed by atoms with Crippen molar-refractivity contribution in [1.29, 1.82) is 0 Å². The van der Waals surface area contributed by atoms with Crippen LogP contribution in [0.4, 0.5) is 5.82 Å². The molecule has 1 saturated heterocycles. The van der Waals surface area contributed by atoms with Crippen molar-refractivity contribution >= 4 is 35.8 Å². The number of rotatable bonds is 9. The molecule has 0 radical (unpaired) electrons. The zero-order valence-electron chi connectivity index (χ0n) is 18.5. The molecule has 0 amide bonds. The van der Waals surface area contributed by atoms with Gasteiger partial charge in [-0.15, -0.1) is 24.0 Å². The Bertz CT molecular complexity index is 646. The SMILES string of the molecule is CCNC(=NCc1cccnc1N1CCOCC1)NCC1(CCOC)CCCC1.I. The molecular formula is C22H38IN5O2. The lowest BCUT2D eigenvalue weighted by Gasteiger charge is -2.30. The van der Waals surface area contributed by atoms with E-state index in [0.29, 0.717) is 12.0 Å². The molecule has 7 nitrogen and oxygen atoms in total. The summed E-state index contributed by atoms with van der Waals surface area (Å²) < 4.78 is 10.8. The molecule has 8 heteroatoms. The highest BCUT2D eigenvalue weighted by Crippen LogP contribution is 2.40. The van der Waals surface area contributed by atoms with Crippen LogP contribution in [0.1, 0.15) is 44.6 Å². The molecule has 170 valence electrons. The molecule has 0 aromatic carbocycles. The molecule has 0 bridgehead atoms. The Hall–Kier alpha value is -1.13. The van der Waals surface area contributed by atoms with Crippen LogP contribution in [0, 0.1) is 5.41 Å². The molecule has 1 aromatic heterocycles. The van der Waals surface area contributed by atoms with E-state index in [1.165, 1.54) is 25.7 Å². The fraction of sp³-hybridized carbons (Fsp3) is 0.727. The highest BCUT2D eigenvalue weighted by Gasteiger charge is 2.33. The summed E-state index contributed by atoms with van der Waals surface area (Å²) in [5, 5.41) is 7.01. The molecule has 0 unspecified atom stereocenters. The van der Waals surface area contributed by atoms with Gasteiger partial charge in [0.2, 0.25) is 0 Å². The summed E-state index contributed by atoms with van der Waals surface area (Å²) in [5.74, 6) is 1.91. The van der Waals surface area contributed by atoms with Crippen LogP contribution in [0.15, 0.2) is 23.3 Å². The maximum Gasteiger partial charge on any atom is 0.191 e. The zero-order valence-corrected chi connectivity index (χ0v) is 20.8. The molecule has 30 heavy (non-hydrogen) atoms. The molecule has 2 aliphatic rings. The number of methoxy groups -OCH3 is 1. The number of nitrogens with zero attached hydrogens (tertiary/aromatic N) is 3. The summed E-state index contributed by atoms with van der Waals surface area (Å²) in [6.07, 6.45) is 8.15. The Morgan fingerprint density at radius 3 is 2.73 bits per heavy atom. The van der Waals surface area contributed by atoms with E-state index >= 15 is 0 Å². The molecule has 1 aliphatic carbocycles. The van der Waals surface area contributed by atoms with Gasteiger partial charge in [-0.05, 0) is 37.7 Å². The predicted octanol–water partition coefficient (Wildman–Crippen LogP) is 3.19. The standard InChI is InChI=1S/C22H37N5O2.HI/c1-3-23-21(26-18-22(10-14-28-2)8-4-5-9-22)25-17-19-7-6-11-24-20(19)27-12-15-29-16-13-27;/h6-7,11H,3-5,8-10,12-18H2,1-2H3,(H2,23,25,26);1H. The van der Waals surface area contributed by atoms with Crippen molar-refractivity contribution in [2.24, 2.45) is 10.4 Å². The Balaban J connectivity index is 0.00000320. The summed E-state index contributed by atoms with van der Waals surface area (Å²) in [6.45, 7) is 8.62. The third-order valence-electron chi connectivity index (χ3n) is 6.06. The van der Waals surface area contributed by atoms with Gasteiger partial charge in [-0.25, -0.2) is 9.98 Å². The van der Waals surface area contributed by atoms with E-state index in [0.717, 1.165) is 69.8 Å². The second kappa shape index (κ2) is 13.3. The van der Waals surface area contributed by atoms with E-state index in [-0.39, 0.29) is 24.0 Å². The maximum atomic E-state index is 5.48. The van der Waals surface area contributed by atoms with Crippen LogP contribution in [-0.2, 0) is 16.0 Å². The van der Waals surface area contributed by atoms with E-state index in [1.54, 1.807) is 7.11 Å². The topological polar surface area (TPSA) is 71.0 Å². The lowest BCUT2D eigenvalue weighted by atomic mass is 9.83. The molecule has 2 fully saturated rings. The van der Waals surface area contributed by atoms with Crippen molar-refractivity contribution in [3.63, 3.8) is 0 Å². The minimum absolute atomic E-state index is 0. The van der Waals surface area contributed by atoms with Crippen molar-refractivity contribution in [2.75, 3.05) is 58.0 Å². The third-order valence-corrected chi connectivity index (χ3v) is 6.06. The number of ether oxygens (including phenoxy) is 2. The molecule has 2 heterocycles. The van der Waals surface area contributed by atoms with Gasteiger partial charge in [-0.3, -0.25) is 0 Å². The summed E-state index contributed by atoms with van der Waals surface area (Å²) in [7, 11) is 1.79. The second-order valence-corrected chi connectivity index (χ2v) is 8.08. The average molecular weight is 531 g/mol. The normalized spacial score (nSPS) is 18.7. The van der Waals surface area contributed by atoms with Gasteiger partial charge < -0.3 is 25.0 Å². The van der Waals surface area contributed by atoms with Crippen molar-refractivity contribution < 1.29 is 9.47 Å². The Kier molecular flexibility index (Phi) is 11.2. The van der Waals surface area contributed by atoms with E-state index in [4.69, 9.17) is 14.5 Å². The quantitative estimate of drug-likeness (QED) is 0.290. The minimum atomic E-state index is 0. The van der Waals surface area contributed by atoms with Crippen LogP contribution < -0.4 is 15.5 Å². The van der Waals surface area contributed by atoms with Crippen LogP contribution in [0.25, 0.3) is 0 Å². The Morgan fingerprint density at radius 1 is 1.27 bits per heavy atom. The first kappa shape index (κ1) is 25.1. The molecule has 1 saturated carbocycles. The molecule has 1 aliphatic heterocycles. The summed E-state index contributed by atoms with van der Waals surface area (Å²) >= 11 is 0. The van der Waals surface area contributed by atoms with Gasteiger partial charge in [0.1, 0.15) is 5.82 Å². The summed E-state index contributed by atoms with van der Waals surface area (Å²) in [4.78, 5) is 11.8. The minimum Gasteiger partial charge on any atom is -0.385 e. The van der Waals surface area contributed by atoms with Crippen molar-refractivity contribution in [3.8, 4) is 0 Å². The van der Waals surface area contributed by atoms with Gasteiger partial charge >= 0.3 is 0 Å². The predicted molar refractivity (Wildman–Crippen MR) is 133 cm³/mol. The summed E-state index contributed by atoms with van der Waals surface area (Å²) in [6, 6.07) is 4.12. The number of hydrogen-bond acceptors (Lipinski definition) is 5. The number of halogens is 1. The fourth-order valence-corrected chi connectivity index (χ4v) is 4.35. The van der Waals surface area contributed by atoms with E-state index in [2.05, 4.69) is 33.5 Å². The number of anilines is 1. The first-order valence-corrected chi connectivity index (χ1v) is 11.0. The molecule has 0 spiro atoms. The number of morpholine rings is 1. The molecule has 2 N–H and O–H groups in total. The van der Waals surface area contributed by atoms with Gasteiger partial charge in [0.05, 0.1) is 19.8 Å². The van der Waals surface area contributed by atoms with Gasteiger partial charge in [0.15, 0.2) is 5.96 Å². The molecular weight excluding hydrogens is 493 g/mol. The number of nitrogens with one attached hydrogen (secondary N) is 2. The highest BCUT2D eigenvalue weighted by molar-refractivity contribution is 14.0. The van der Waals surface area contributed by atoms with Crippen LogP contribution in [0.2, 0.25) is 0 Å². The Morgan fingerprint density at radius 2 is 2.03 bits per heavy atom. The van der Waals surface area contributed by atoms with Crippen LogP contribution in [-0.4, -0.2) is 64.1 Å². The molecule has 0 atom stereocenters. The first-order valence-electron chi connectivity index (χ1n) is 11.0. The van der Waals surface area contributed by atoms with Gasteiger partial charge in [0.25, 0.3) is 0 Å². The second-order valence-electron chi connectivity index (χ2n) is 8.08. The fourth-order valence-electron chi connectivity index (χ4n) is 4.35. The van der Waals surface area contributed by atoms with Crippen LogP contribution in [0.5, 0.6) is 0 Å². The van der Waals surface area contributed by atoms with Crippen molar-refractivity contribution in [2.45, 2.75) is 45.6 Å². The average Bonchev–Trinajstić information content (AvgIpc) is 3.24. The zero-order chi connectivity index (χ0) is 20.4. The monoisotopic (exact) mass is 531 g/mol. The Labute approximate surface area is 198 Å². The number of aromatic nitrogens is 1. The lowest BCUT2D eigenvalue weighted by Crippen LogP contribution is -2.43. The lowest BCUT2D eigenvalue weighted by molar-refractivity contribution is 0.122. The van der Waals surface area contributed by atoms with Gasteiger partial charge in [-0.2, -0.15) is 0 Å². The largest absolute Gasteiger partial charge is 0.385 e. The van der Waals surface area contributed by atoms with Crippen LogP contribution in [0.3, 0.4) is 0 Å². The van der Waals surface area contributed by atoms with E-state index < -0.39 is 0 Å². The smallest absolute Gasteiger partial charge is 0.191 e. The number of guanidine groups is 1. The van der Waals surface area contributed by atoms with Gasteiger partial charge in [-0.1, -0.05) is 18.9 Å². The third kappa shape index (κ3) is 7.23. The van der Waals surface area contributed by atoms with E-state index in [9.17, 15) is 0 Å². The first-order chi connectivity index (χ1) is 14.3. The van der Waals surface area contributed by atoms with E-state index in [1.807, 2.05) is 12.3 Å². The number of pyridine rings is 1. The highest BCUT2D eigenvalue weighted by atomic mass is 127. The van der Waals surface area contributed by atoms with Crippen LogP contribution >= 0.6 is 24.0 Å². The van der Waals surface area contributed by atoms with Crippen molar-refractivity contribution in [1.82, 2.24) is 15.6 Å². The van der Waals surface area contributed by atoms with Crippen molar-refractivity contribution in [3.05, 3.63) is 23.9 Å². The molecule has 1 aromatic rings. The number of hydrogen-bond donors (Lipinski definition) is 2. The number of aliphatic imine (C=N–C) groups is 1. The molecule has 3 rings (SSSR count). The maximum absolute atomic E-state index is 5.48. The summed E-state index contributed by atoms with van der Waals surface area (Å²) in [5.41, 5.74) is 1.49. The van der Waals surface area contributed by atoms with Gasteiger partial charge in [0, 0.05) is 51.7 Å².